The molecule has 9 heteroatoms. The zero-order valence-electron chi connectivity index (χ0n) is 11.2. The molecule has 0 aliphatic heterocycles. The largest absolute Gasteiger partial charge is 0.398 e. The van der Waals surface area contributed by atoms with Crippen LogP contribution in [0.5, 0.6) is 0 Å². The van der Waals surface area contributed by atoms with E-state index < -0.39 is 21.1 Å². The topological polar surface area (TPSA) is 136 Å². The third kappa shape index (κ3) is 3.69. The minimum absolute atomic E-state index is 0.0380. The van der Waals surface area contributed by atoms with E-state index >= 15 is 0 Å². The second-order valence-electron chi connectivity index (χ2n) is 5.11. The molecule has 1 saturated carbocycles. The van der Waals surface area contributed by atoms with Crippen molar-refractivity contribution in [1.29, 1.82) is 0 Å². The van der Waals surface area contributed by atoms with Crippen molar-refractivity contribution in [3.63, 3.8) is 0 Å². The highest BCUT2D eigenvalue weighted by Gasteiger charge is 2.27. The smallest absolute Gasteiger partial charge is 0.270 e. The highest BCUT2D eigenvalue weighted by atomic mass is 32.2. The first-order valence-corrected chi connectivity index (χ1v) is 8.02. The van der Waals surface area contributed by atoms with Crippen LogP contribution in [0.2, 0.25) is 0 Å². The van der Waals surface area contributed by atoms with Gasteiger partial charge in [0.25, 0.3) is 5.69 Å². The van der Waals surface area contributed by atoms with Crippen molar-refractivity contribution in [1.82, 2.24) is 4.72 Å². The molecule has 0 bridgehead atoms. The molecule has 0 saturated heterocycles. The SMILES string of the molecule is Nc1ccc([N+](=O)[O-])cc1S(=O)(=O)NC1CCC(O)CC1. The van der Waals surface area contributed by atoms with Gasteiger partial charge in [0, 0.05) is 18.2 Å². The Morgan fingerprint density at radius 3 is 2.48 bits per heavy atom. The Balaban J connectivity index is 2.23. The van der Waals surface area contributed by atoms with Crippen molar-refractivity contribution >= 4 is 21.4 Å². The maximum Gasteiger partial charge on any atom is 0.270 e. The first kappa shape index (κ1) is 15.7. The molecular weight excluding hydrogens is 298 g/mol. The number of nitrogens with one attached hydrogen (secondary N) is 1. The van der Waals surface area contributed by atoms with E-state index in [1.54, 1.807) is 0 Å². The molecule has 0 atom stereocenters. The Hall–Kier alpha value is -1.71. The van der Waals surface area contributed by atoms with Crippen LogP contribution in [0.15, 0.2) is 23.1 Å². The predicted molar refractivity (Wildman–Crippen MR) is 76.1 cm³/mol. The molecule has 1 aromatic rings. The number of nitrogens with two attached hydrogens (primary N) is 1. The van der Waals surface area contributed by atoms with E-state index in [2.05, 4.69) is 4.72 Å². The lowest BCUT2D eigenvalue weighted by molar-refractivity contribution is -0.385. The zero-order chi connectivity index (χ0) is 15.6. The van der Waals surface area contributed by atoms with Crippen LogP contribution in [0.1, 0.15) is 25.7 Å². The summed E-state index contributed by atoms with van der Waals surface area (Å²) in [6.07, 6.45) is 1.70. The second kappa shape index (κ2) is 5.96. The third-order valence-electron chi connectivity index (χ3n) is 3.52. The number of aliphatic hydroxyl groups is 1. The number of hydrogen-bond acceptors (Lipinski definition) is 6. The molecule has 8 nitrogen and oxygen atoms in total. The summed E-state index contributed by atoms with van der Waals surface area (Å²) in [5.41, 5.74) is 5.25. The zero-order valence-corrected chi connectivity index (χ0v) is 12.0. The number of hydrogen-bond donors (Lipinski definition) is 3. The van der Waals surface area contributed by atoms with E-state index in [1.165, 1.54) is 6.07 Å². The van der Waals surface area contributed by atoms with Gasteiger partial charge in [-0.25, -0.2) is 13.1 Å². The summed E-state index contributed by atoms with van der Waals surface area (Å²) in [5.74, 6) is 0. The number of sulfonamides is 1. The van der Waals surface area contributed by atoms with Gasteiger partial charge >= 0.3 is 0 Å². The maximum atomic E-state index is 12.3. The maximum absolute atomic E-state index is 12.3. The Morgan fingerprint density at radius 2 is 1.90 bits per heavy atom. The molecule has 4 N–H and O–H groups in total. The monoisotopic (exact) mass is 315 g/mol. The summed E-state index contributed by atoms with van der Waals surface area (Å²) in [6.45, 7) is 0. The van der Waals surface area contributed by atoms with Gasteiger partial charge < -0.3 is 10.8 Å². The number of rotatable bonds is 4. The number of anilines is 1. The van der Waals surface area contributed by atoms with Gasteiger partial charge in [-0.2, -0.15) is 0 Å². The van der Waals surface area contributed by atoms with Crippen LogP contribution in [0.3, 0.4) is 0 Å². The fraction of sp³-hybridized carbons (Fsp3) is 0.500. The summed E-state index contributed by atoms with van der Waals surface area (Å²) in [7, 11) is -3.93. The lowest BCUT2D eigenvalue weighted by Crippen LogP contribution is -2.38. The lowest BCUT2D eigenvalue weighted by atomic mass is 9.94. The van der Waals surface area contributed by atoms with Crippen molar-refractivity contribution in [2.24, 2.45) is 0 Å². The number of nitrogen functional groups attached to an aromatic ring is 1. The minimum Gasteiger partial charge on any atom is -0.398 e. The normalized spacial score (nSPS) is 22.9. The first-order chi connectivity index (χ1) is 9.79. The number of benzene rings is 1. The third-order valence-corrected chi connectivity index (χ3v) is 5.09. The molecule has 0 unspecified atom stereocenters. The molecule has 1 aliphatic rings. The fourth-order valence-electron chi connectivity index (χ4n) is 2.35. The predicted octanol–water partition coefficient (Wildman–Crippen LogP) is 0.759. The van der Waals surface area contributed by atoms with Crippen molar-refractivity contribution in [2.45, 2.75) is 42.7 Å². The van der Waals surface area contributed by atoms with Crippen LogP contribution in [0.4, 0.5) is 11.4 Å². The van der Waals surface area contributed by atoms with E-state index in [1.807, 2.05) is 0 Å². The van der Waals surface area contributed by atoms with Crippen molar-refractivity contribution < 1.29 is 18.4 Å². The number of nitro groups is 1. The van der Waals surface area contributed by atoms with Crippen LogP contribution >= 0.6 is 0 Å². The van der Waals surface area contributed by atoms with Gasteiger partial charge in [-0.15, -0.1) is 0 Å². The lowest BCUT2D eigenvalue weighted by Gasteiger charge is -2.26. The molecule has 1 aliphatic carbocycles. The fourth-order valence-corrected chi connectivity index (χ4v) is 3.80. The summed E-state index contributed by atoms with van der Waals surface area (Å²) in [5, 5.41) is 20.2. The quantitative estimate of drug-likeness (QED) is 0.426. The Labute approximate surface area is 122 Å². The molecule has 1 aromatic carbocycles. The number of nitrogens with zero attached hydrogens (tertiary/aromatic N) is 1. The van der Waals surface area contributed by atoms with E-state index in [4.69, 9.17) is 5.73 Å². The van der Waals surface area contributed by atoms with E-state index in [-0.39, 0.29) is 22.3 Å². The Kier molecular flexibility index (Phi) is 4.45. The van der Waals surface area contributed by atoms with Crippen LogP contribution in [0.25, 0.3) is 0 Å². The van der Waals surface area contributed by atoms with Gasteiger partial charge in [0.2, 0.25) is 10.0 Å². The van der Waals surface area contributed by atoms with E-state index in [0.717, 1.165) is 12.1 Å². The molecule has 116 valence electrons. The second-order valence-corrected chi connectivity index (χ2v) is 6.79. The molecule has 0 radical (unpaired) electrons. The summed E-state index contributed by atoms with van der Waals surface area (Å²) >= 11 is 0. The highest BCUT2D eigenvalue weighted by molar-refractivity contribution is 7.89. The minimum atomic E-state index is -3.93. The van der Waals surface area contributed by atoms with Gasteiger partial charge in [0.1, 0.15) is 4.90 Å². The van der Waals surface area contributed by atoms with Gasteiger partial charge in [0.15, 0.2) is 0 Å². The average molecular weight is 315 g/mol. The summed E-state index contributed by atoms with van der Waals surface area (Å²) < 4.78 is 27.1. The number of nitro benzene ring substituents is 1. The Bertz CT molecular complexity index is 638. The van der Waals surface area contributed by atoms with Crippen molar-refractivity contribution in [3.8, 4) is 0 Å². The van der Waals surface area contributed by atoms with Gasteiger partial charge in [-0.05, 0) is 31.7 Å². The number of non-ortho nitro benzene ring substituents is 1. The van der Waals surface area contributed by atoms with Crippen LogP contribution < -0.4 is 10.5 Å². The molecule has 1 fully saturated rings. The van der Waals surface area contributed by atoms with Gasteiger partial charge in [-0.1, -0.05) is 0 Å². The molecular formula is C12H17N3O5S. The van der Waals surface area contributed by atoms with Crippen LogP contribution in [-0.4, -0.2) is 30.6 Å². The van der Waals surface area contributed by atoms with Crippen LogP contribution in [-0.2, 0) is 10.0 Å². The molecule has 0 spiro atoms. The standard InChI is InChI=1S/C12H17N3O5S/c13-11-6-3-9(15(17)18)7-12(11)21(19,20)14-8-1-4-10(16)5-2-8/h3,6-8,10,14,16H,1-2,4-5,13H2. The Morgan fingerprint density at radius 1 is 1.29 bits per heavy atom. The summed E-state index contributed by atoms with van der Waals surface area (Å²) in [6, 6.07) is 3.02. The average Bonchev–Trinajstić information content (AvgIpc) is 2.41. The van der Waals surface area contributed by atoms with Crippen molar-refractivity contribution in [2.75, 3.05) is 5.73 Å². The molecule has 0 amide bonds. The molecule has 0 aromatic heterocycles. The molecule has 21 heavy (non-hydrogen) atoms. The van der Waals surface area contributed by atoms with Gasteiger partial charge in [0.05, 0.1) is 16.7 Å². The molecule has 2 rings (SSSR count). The summed E-state index contributed by atoms with van der Waals surface area (Å²) in [4.78, 5) is 9.78. The highest BCUT2D eigenvalue weighted by Crippen LogP contribution is 2.26. The first-order valence-electron chi connectivity index (χ1n) is 6.54. The van der Waals surface area contributed by atoms with Crippen molar-refractivity contribution in [3.05, 3.63) is 28.3 Å². The van der Waals surface area contributed by atoms with E-state index in [0.29, 0.717) is 25.7 Å². The molecule has 0 heterocycles. The van der Waals surface area contributed by atoms with Crippen LogP contribution in [0, 0.1) is 10.1 Å². The number of aliphatic hydroxyl groups excluding tert-OH is 1. The van der Waals surface area contributed by atoms with E-state index in [9.17, 15) is 23.6 Å². The van der Waals surface area contributed by atoms with Gasteiger partial charge in [-0.3, -0.25) is 10.1 Å².